The number of rotatable bonds is 8. The predicted octanol–water partition coefficient (Wildman–Crippen LogP) is 2.15. The van der Waals surface area contributed by atoms with E-state index in [9.17, 15) is 9.59 Å². The number of aryl methyl sites for hydroxylation is 2. The molecule has 1 aliphatic heterocycles. The second kappa shape index (κ2) is 11.5. The summed E-state index contributed by atoms with van der Waals surface area (Å²) in [6, 6.07) is 0. The zero-order valence-electron chi connectivity index (χ0n) is 18.5. The van der Waals surface area contributed by atoms with Crippen LogP contribution in [0.15, 0.2) is 5.16 Å². The lowest BCUT2D eigenvalue weighted by Crippen LogP contribution is -2.42. The molecule has 0 saturated carbocycles. The highest BCUT2D eigenvalue weighted by molar-refractivity contribution is 7.98. The van der Waals surface area contributed by atoms with Crippen molar-refractivity contribution in [2.75, 3.05) is 52.1 Å². The molecule has 0 atom stereocenters. The lowest BCUT2D eigenvalue weighted by atomic mass is 10.1. The van der Waals surface area contributed by atoms with E-state index in [4.69, 9.17) is 0 Å². The quantitative estimate of drug-likeness (QED) is 0.473. The van der Waals surface area contributed by atoms with Crippen LogP contribution in [-0.4, -0.2) is 88.6 Å². The van der Waals surface area contributed by atoms with Crippen LogP contribution in [0.3, 0.4) is 0 Å². The number of hydrogen-bond donors (Lipinski definition) is 0. The Morgan fingerprint density at radius 3 is 2.28 bits per heavy atom. The fourth-order valence-electron chi connectivity index (χ4n) is 3.80. The highest BCUT2D eigenvalue weighted by atomic mass is 32.2. The van der Waals surface area contributed by atoms with Gasteiger partial charge in [-0.1, -0.05) is 11.8 Å². The average molecular weight is 422 g/mol. The number of nitrogens with zero attached hydrogens (tertiary/aromatic N) is 5. The summed E-state index contributed by atoms with van der Waals surface area (Å²) < 4.78 is 0. The fourth-order valence-corrected chi connectivity index (χ4v) is 4.25. The monoisotopic (exact) mass is 421 g/mol. The number of carbonyl (C=O) groups excluding carboxylic acids is 2. The lowest BCUT2D eigenvalue weighted by Gasteiger charge is -2.25. The number of likely N-dealkylation sites (N-methyl/N-ethyl adjacent to an activating group) is 1. The zero-order chi connectivity index (χ0) is 21.4. The molecule has 7 nitrogen and oxygen atoms in total. The molecule has 0 N–H and O–H groups in total. The molecule has 0 unspecified atom stereocenters. The maximum Gasteiger partial charge on any atom is 0.236 e. The van der Waals surface area contributed by atoms with Gasteiger partial charge in [-0.25, -0.2) is 9.97 Å². The van der Waals surface area contributed by atoms with E-state index < -0.39 is 0 Å². The van der Waals surface area contributed by atoms with E-state index in [1.165, 1.54) is 11.8 Å². The van der Waals surface area contributed by atoms with Crippen LogP contribution in [-0.2, 0) is 16.0 Å². The molecular formula is C21H35N5O2S. The molecule has 29 heavy (non-hydrogen) atoms. The van der Waals surface area contributed by atoms with Gasteiger partial charge in [0.2, 0.25) is 11.8 Å². The van der Waals surface area contributed by atoms with Crippen molar-refractivity contribution in [1.82, 2.24) is 24.7 Å². The largest absolute Gasteiger partial charge is 0.342 e. The highest BCUT2D eigenvalue weighted by Gasteiger charge is 2.22. The van der Waals surface area contributed by atoms with E-state index in [0.717, 1.165) is 61.3 Å². The van der Waals surface area contributed by atoms with Crippen molar-refractivity contribution in [1.29, 1.82) is 0 Å². The summed E-state index contributed by atoms with van der Waals surface area (Å²) in [4.78, 5) is 40.2. The summed E-state index contributed by atoms with van der Waals surface area (Å²) in [5.41, 5.74) is 3.01. The number of hydrogen-bond acceptors (Lipinski definition) is 6. The maximum absolute atomic E-state index is 12.8. The van der Waals surface area contributed by atoms with Crippen LogP contribution in [0.4, 0.5) is 0 Å². The first kappa shape index (κ1) is 23.6. The molecule has 1 aromatic heterocycles. The van der Waals surface area contributed by atoms with Gasteiger partial charge in [0.1, 0.15) is 0 Å². The van der Waals surface area contributed by atoms with E-state index in [-0.39, 0.29) is 11.8 Å². The maximum atomic E-state index is 12.8. The van der Waals surface area contributed by atoms with E-state index in [1.807, 2.05) is 43.8 Å². The summed E-state index contributed by atoms with van der Waals surface area (Å²) in [6.45, 7) is 13.0. The van der Waals surface area contributed by atoms with Crippen molar-refractivity contribution in [3.8, 4) is 0 Å². The van der Waals surface area contributed by atoms with Gasteiger partial charge in [-0.15, -0.1) is 0 Å². The molecule has 0 aromatic carbocycles. The Labute approximate surface area is 179 Å². The number of amides is 2. The molecule has 1 aliphatic rings. The van der Waals surface area contributed by atoms with Crippen LogP contribution in [0, 0.1) is 13.8 Å². The number of thioether (sulfide) groups is 1. The van der Waals surface area contributed by atoms with Gasteiger partial charge in [0, 0.05) is 57.1 Å². The Kier molecular flexibility index (Phi) is 9.36. The molecule has 0 bridgehead atoms. The molecule has 1 fully saturated rings. The third-order valence-electron chi connectivity index (χ3n) is 5.59. The Bertz CT molecular complexity index is 685. The summed E-state index contributed by atoms with van der Waals surface area (Å²) in [5.74, 6) is 0.351. The number of aromatic nitrogens is 2. The van der Waals surface area contributed by atoms with Gasteiger partial charge < -0.3 is 9.80 Å². The van der Waals surface area contributed by atoms with Crippen molar-refractivity contribution in [3.63, 3.8) is 0 Å². The average Bonchev–Trinajstić information content (AvgIpc) is 2.93. The van der Waals surface area contributed by atoms with Crippen LogP contribution >= 0.6 is 11.8 Å². The first-order chi connectivity index (χ1) is 13.9. The van der Waals surface area contributed by atoms with Crippen molar-refractivity contribution in [3.05, 3.63) is 17.0 Å². The van der Waals surface area contributed by atoms with Gasteiger partial charge in [0.15, 0.2) is 5.16 Å². The van der Waals surface area contributed by atoms with Crippen LogP contribution < -0.4 is 0 Å². The standard InChI is InChI=1S/C21H35N5O2S/c1-6-25(7-2)20(28)15-24-11-8-12-26(14-13-24)19(27)10-9-18-16(3)22-21(29-5)23-17(18)4/h6-15H2,1-5H3. The Hall–Kier alpha value is -1.67. The van der Waals surface area contributed by atoms with Crippen LogP contribution in [0.1, 0.15) is 43.6 Å². The first-order valence-electron chi connectivity index (χ1n) is 10.6. The molecule has 2 amide bonds. The Morgan fingerprint density at radius 1 is 1.03 bits per heavy atom. The third kappa shape index (κ3) is 6.67. The first-order valence-corrected chi connectivity index (χ1v) is 11.8. The molecule has 162 valence electrons. The minimum atomic E-state index is 0.175. The normalized spacial score (nSPS) is 15.3. The Morgan fingerprint density at radius 2 is 1.69 bits per heavy atom. The second-order valence-electron chi connectivity index (χ2n) is 7.44. The summed E-state index contributed by atoms with van der Waals surface area (Å²) >= 11 is 1.53. The minimum absolute atomic E-state index is 0.175. The Balaban J connectivity index is 1.87. The van der Waals surface area contributed by atoms with E-state index in [0.29, 0.717) is 25.9 Å². The molecule has 1 aromatic rings. The van der Waals surface area contributed by atoms with Crippen LogP contribution in [0.2, 0.25) is 0 Å². The van der Waals surface area contributed by atoms with Crippen molar-refractivity contribution >= 4 is 23.6 Å². The summed E-state index contributed by atoms with van der Waals surface area (Å²) in [7, 11) is 0. The van der Waals surface area contributed by atoms with Gasteiger partial charge in [-0.05, 0) is 52.4 Å². The topological polar surface area (TPSA) is 69.6 Å². The molecule has 2 heterocycles. The zero-order valence-corrected chi connectivity index (χ0v) is 19.3. The number of carbonyl (C=O) groups is 2. The fraction of sp³-hybridized carbons (Fsp3) is 0.714. The highest BCUT2D eigenvalue weighted by Crippen LogP contribution is 2.18. The SMILES string of the molecule is CCN(CC)C(=O)CN1CCCN(C(=O)CCc2c(C)nc(SC)nc2C)CC1. The van der Waals surface area contributed by atoms with Gasteiger partial charge in [-0.2, -0.15) is 0 Å². The van der Waals surface area contributed by atoms with Gasteiger partial charge in [0.05, 0.1) is 6.54 Å². The van der Waals surface area contributed by atoms with E-state index in [2.05, 4.69) is 14.9 Å². The molecular weight excluding hydrogens is 386 g/mol. The molecule has 2 rings (SSSR count). The molecule has 1 saturated heterocycles. The predicted molar refractivity (Wildman–Crippen MR) is 117 cm³/mol. The smallest absolute Gasteiger partial charge is 0.236 e. The second-order valence-corrected chi connectivity index (χ2v) is 8.21. The van der Waals surface area contributed by atoms with Crippen LogP contribution in [0.5, 0.6) is 0 Å². The molecule has 0 spiro atoms. The van der Waals surface area contributed by atoms with Gasteiger partial charge in [-0.3, -0.25) is 14.5 Å². The molecule has 0 radical (unpaired) electrons. The van der Waals surface area contributed by atoms with Crippen molar-refractivity contribution in [2.24, 2.45) is 0 Å². The van der Waals surface area contributed by atoms with Crippen molar-refractivity contribution < 1.29 is 9.59 Å². The minimum Gasteiger partial charge on any atom is -0.342 e. The van der Waals surface area contributed by atoms with E-state index in [1.54, 1.807) is 0 Å². The van der Waals surface area contributed by atoms with Crippen LogP contribution in [0.25, 0.3) is 0 Å². The van der Waals surface area contributed by atoms with Gasteiger partial charge in [0.25, 0.3) is 0 Å². The van der Waals surface area contributed by atoms with Crippen molar-refractivity contribution in [2.45, 2.75) is 52.1 Å². The third-order valence-corrected chi connectivity index (χ3v) is 6.14. The summed E-state index contributed by atoms with van der Waals surface area (Å²) in [6.07, 6.45) is 4.02. The summed E-state index contributed by atoms with van der Waals surface area (Å²) in [5, 5.41) is 0.780. The van der Waals surface area contributed by atoms with E-state index >= 15 is 0 Å². The van der Waals surface area contributed by atoms with Gasteiger partial charge >= 0.3 is 0 Å². The lowest BCUT2D eigenvalue weighted by molar-refractivity contribution is -0.132. The molecule has 0 aliphatic carbocycles. The molecule has 8 heteroatoms.